The molecule has 0 bridgehead atoms. The van der Waals surface area contributed by atoms with E-state index in [0.29, 0.717) is 0 Å². The maximum Gasteiger partial charge on any atom is 0.126 e. The van der Waals surface area contributed by atoms with Crippen LogP contribution in [-0.4, -0.2) is 12.0 Å². The van der Waals surface area contributed by atoms with E-state index in [1.54, 1.807) is 0 Å². The van der Waals surface area contributed by atoms with Crippen LogP contribution < -0.4 is 5.32 Å². The Kier molecular flexibility index (Phi) is 2.69. The summed E-state index contributed by atoms with van der Waals surface area (Å²) in [5.74, 6) is 0.889. The molecule has 0 amide bonds. The van der Waals surface area contributed by atoms with Gasteiger partial charge in [-0.25, -0.2) is 4.98 Å². The Bertz CT molecular complexity index is 689. The van der Waals surface area contributed by atoms with Crippen LogP contribution >= 0.6 is 0 Å². The Labute approximate surface area is 106 Å². The number of nitrogens with zero attached hydrogens (tertiary/aromatic N) is 1. The molecule has 0 fully saturated rings. The molecule has 88 valence electrons. The predicted molar refractivity (Wildman–Crippen MR) is 76.7 cm³/mol. The molecule has 2 heteroatoms. The molecule has 0 atom stereocenters. The standard InChI is InChI=1S/C16H14N2/c1-17-16-8-4-7-15(18-16)14-10-9-12-5-2-3-6-13(12)11-14/h2-11H,1H3,(H,17,18). The molecule has 2 nitrogen and oxygen atoms in total. The lowest BCUT2D eigenvalue weighted by Gasteiger charge is -2.05. The molecular formula is C16H14N2. The molecule has 0 spiro atoms. The van der Waals surface area contributed by atoms with Gasteiger partial charge in [0.25, 0.3) is 0 Å². The number of aromatic nitrogens is 1. The van der Waals surface area contributed by atoms with E-state index in [0.717, 1.165) is 17.1 Å². The lowest BCUT2D eigenvalue weighted by atomic mass is 10.0. The fourth-order valence-electron chi connectivity index (χ4n) is 2.08. The first kappa shape index (κ1) is 10.8. The van der Waals surface area contributed by atoms with Crippen molar-refractivity contribution in [3.8, 4) is 11.3 Å². The first-order valence-corrected chi connectivity index (χ1v) is 6.01. The first-order chi connectivity index (χ1) is 8.86. The fraction of sp³-hybridized carbons (Fsp3) is 0.0625. The van der Waals surface area contributed by atoms with Gasteiger partial charge in [0.1, 0.15) is 5.82 Å². The minimum atomic E-state index is 0.889. The van der Waals surface area contributed by atoms with Crippen molar-refractivity contribution in [3.05, 3.63) is 60.7 Å². The Hall–Kier alpha value is -2.35. The van der Waals surface area contributed by atoms with Crippen LogP contribution in [0.25, 0.3) is 22.0 Å². The maximum absolute atomic E-state index is 4.56. The molecule has 0 saturated carbocycles. The van der Waals surface area contributed by atoms with Crippen molar-refractivity contribution in [2.45, 2.75) is 0 Å². The van der Waals surface area contributed by atoms with Gasteiger partial charge in [-0.1, -0.05) is 42.5 Å². The number of fused-ring (bicyclic) bond motifs is 1. The van der Waals surface area contributed by atoms with E-state index in [1.165, 1.54) is 10.8 Å². The third kappa shape index (κ3) is 1.93. The van der Waals surface area contributed by atoms with Crippen molar-refractivity contribution in [2.24, 2.45) is 0 Å². The Balaban J connectivity index is 2.13. The molecule has 1 aromatic heterocycles. The fourth-order valence-corrected chi connectivity index (χ4v) is 2.08. The Morgan fingerprint density at radius 1 is 0.833 bits per heavy atom. The van der Waals surface area contributed by atoms with Crippen LogP contribution in [0.5, 0.6) is 0 Å². The van der Waals surface area contributed by atoms with Crippen LogP contribution in [0.1, 0.15) is 0 Å². The first-order valence-electron chi connectivity index (χ1n) is 6.01. The molecule has 0 unspecified atom stereocenters. The Morgan fingerprint density at radius 2 is 1.67 bits per heavy atom. The highest BCUT2D eigenvalue weighted by Gasteiger charge is 2.01. The number of benzene rings is 2. The SMILES string of the molecule is CNc1cccc(-c2ccc3ccccc3c2)n1. The van der Waals surface area contributed by atoms with Gasteiger partial charge in [0.15, 0.2) is 0 Å². The third-order valence-electron chi connectivity index (χ3n) is 3.05. The van der Waals surface area contributed by atoms with Gasteiger partial charge in [-0.05, 0) is 29.0 Å². The zero-order chi connectivity index (χ0) is 12.4. The third-order valence-corrected chi connectivity index (χ3v) is 3.05. The van der Waals surface area contributed by atoms with Gasteiger partial charge in [-0.3, -0.25) is 0 Å². The van der Waals surface area contributed by atoms with E-state index < -0.39 is 0 Å². The number of pyridine rings is 1. The Morgan fingerprint density at radius 3 is 2.50 bits per heavy atom. The molecule has 3 aromatic rings. The van der Waals surface area contributed by atoms with Crippen LogP contribution in [0.3, 0.4) is 0 Å². The quantitative estimate of drug-likeness (QED) is 0.726. The van der Waals surface area contributed by atoms with Crippen molar-refractivity contribution in [1.82, 2.24) is 4.98 Å². The number of nitrogens with one attached hydrogen (secondary N) is 1. The van der Waals surface area contributed by atoms with E-state index in [1.807, 2.05) is 25.2 Å². The summed E-state index contributed by atoms with van der Waals surface area (Å²) >= 11 is 0. The second-order valence-corrected chi connectivity index (χ2v) is 4.22. The second-order valence-electron chi connectivity index (χ2n) is 4.22. The van der Waals surface area contributed by atoms with Gasteiger partial charge in [0.2, 0.25) is 0 Å². The van der Waals surface area contributed by atoms with Crippen LogP contribution in [0.2, 0.25) is 0 Å². The predicted octanol–water partition coefficient (Wildman–Crippen LogP) is 3.94. The van der Waals surface area contributed by atoms with Crippen molar-refractivity contribution in [3.63, 3.8) is 0 Å². The van der Waals surface area contributed by atoms with Crippen LogP contribution in [0.15, 0.2) is 60.7 Å². The molecule has 0 saturated heterocycles. The molecule has 18 heavy (non-hydrogen) atoms. The van der Waals surface area contributed by atoms with Gasteiger partial charge in [-0.15, -0.1) is 0 Å². The number of hydrogen-bond acceptors (Lipinski definition) is 2. The summed E-state index contributed by atoms with van der Waals surface area (Å²) in [6.45, 7) is 0. The highest BCUT2D eigenvalue weighted by Crippen LogP contribution is 2.23. The number of anilines is 1. The van der Waals surface area contributed by atoms with E-state index in [-0.39, 0.29) is 0 Å². The van der Waals surface area contributed by atoms with Crippen LogP contribution in [0.4, 0.5) is 5.82 Å². The number of hydrogen-bond donors (Lipinski definition) is 1. The van der Waals surface area contributed by atoms with E-state index >= 15 is 0 Å². The normalized spacial score (nSPS) is 10.5. The van der Waals surface area contributed by atoms with E-state index in [2.05, 4.69) is 52.8 Å². The minimum absolute atomic E-state index is 0.889. The largest absolute Gasteiger partial charge is 0.373 e. The van der Waals surface area contributed by atoms with Crippen LogP contribution in [0, 0.1) is 0 Å². The zero-order valence-electron chi connectivity index (χ0n) is 10.2. The summed E-state index contributed by atoms with van der Waals surface area (Å²) in [4.78, 5) is 4.56. The van der Waals surface area contributed by atoms with Crippen molar-refractivity contribution in [1.29, 1.82) is 0 Å². The van der Waals surface area contributed by atoms with Gasteiger partial charge in [0.05, 0.1) is 5.69 Å². The second kappa shape index (κ2) is 4.49. The summed E-state index contributed by atoms with van der Waals surface area (Å²) in [6.07, 6.45) is 0. The molecule has 3 rings (SSSR count). The molecule has 0 aliphatic carbocycles. The van der Waals surface area contributed by atoms with Gasteiger partial charge in [-0.2, -0.15) is 0 Å². The molecule has 0 aliphatic heterocycles. The lowest BCUT2D eigenvalue weighted by molar-refractivity contribution is 1.29. The summed E-state index contributed by atoms with van der Waals surface area (Å²) in [7, 11) is 1.88. The van der Waals surface area contributed by atoms with Gasteiger partial charge >= 0.3 is 0 Å². The average Bonchev–Trinajstić information content (AvgIpc) is 2.47. The average molecular weight is 234 g/mol. The molecule has 2 aromatic carbocycles. The monoisotopic (exact) mass is 234 g/mol. The topological polar surface area (TPSA) is 24.9 Å². The highest BCUT2D eigenvalue weighted by atomic mass is 15.0. The van der Waals surface area contributed by atoms with E-state index in [4.69, 9.17) is 0 Å². The van der Waals surface area contributed by atoms with Crippen molar-refractivity contribution >= 4 is 16.6 Å². The van der Waals surface area contributed by atoms with E-state index in [9.17, 15) is 0 Å². The summed E-state index contributed by atoms with van der Waals surface area (Å²) < 4.78 is 0. The summed E-state index contributed by atoms with van der Waals surface area (Å²) in [5.41, 5.74) is 2.14. The highest BCUT2D eigenvalue weighted by molar-refractivity contribution is 5.86. The molecular weight excluding hydrogens is 220 g/mol. The lowest BCUT2D eigenvalue weighted by Crippen LogP contribution is -1.93. The zero-order valence-corrected chi connectivity index (χ0v) is 10.2. The van der Waals surface area contributed by atoms with Gasteiger partial charge < -0.3 is 5.32 Å². The maximum atomic E-state index is 4.56. The van der Waals surface area contributed by atoms with Crippen molar-refractivity contribution in [2.75, 3.05) is 12.4 Å². The molecule has 0 radical (unpaired) electrons. The van der Waals surface area contributed by atoms with Crippen LogP contribution in [-0.2, 0) is 0 Å². The summed E-state index contributed by atoms with van der Waals surface area (Å²) in [5, 5.41) is 5.56. The van der Waals surface area contributed by atoms with Gasteiger partial charge in [0, 0.05) is 12.6 Å². The molecule has 1 N–H and O–H groups in total. The van der Waals surface area contributed by atoms with Crippen molar-refractivity contribution < 1.29 is 0 Å². The molecule has 0 aliphatic rings. The molecule has 1 heterocycles. The smallest absolute Gasteiger partial charge is 0.126 e. The minimum Gasteiger partial charge on any atom is -0.373 e. The summed E-state index contributed by atoms with van der Waals surface area (Å²) in [6, 6.07) is 20.8. The number of rotatable bonds is 2.